The number of rotatable bonds is 3. The van der Waals surface area contributed by atoms with Gasteiger partial charge in [0.25, 0.3) is 5.91 Å². The van der Waals surface area contributed by atoms with Crippen molar-refractivity contribution in [1.29, 1.82) is 0 Å². The standard InChI is InChI=1S/C14H11BrN4O2/c1-9-16-6-7-19(9)13-5-2-10(8-17-13)18-14(20)11-3-4-12(15)21-11/h2-8H,1H3,(H,18,20). The lowest BCUT2D eigenvalue weighted by molar-refractivity contribution is 0.0995. The molecule has 0 radical (unpaired) electrons. The highest BCUT2D eigenvalue weighted by Gasteiger charge is 2.11. The van der Waals surface area contributed by atoms with Crippen molar-refractivity contribution in [2.75, 3.05) is 5.32 Å². The smallest absolute Gasteiger partial charge is 0.291 e. The first-order valence-corrected chi connectivity index (χ1v) is 6.96. The third kappa shape index (κ3) is 2.87. The van der Waals surface area contributed by atoms with Gasteiger partial charge in [0.05, 0.1) is 11.9 Å². The molecule has 0 unspecified atom stereocenters. The van der Waals surface area contributed by atoms with Crippen LogP contribution >= 0.6 is 15.9 Å². The molecule has 1 amide bonds. The van der Waals surface area contributed by atoms with Crippen LogP contribution in [0, 0.1) is 6.92 Å². The van der Waals surface area contributed by atoms with E-state index in [4.69, 9.17) is 4.42 Å². The second-order valence-corrected chi connectivity index (χ2v) is 5.09. The summed E-state index contributed by atoms with van der Waals surface area (Å²) in [5, 5.41) is 2.72. The zero-order valence-electron chi connectivity index (χ0n) is 11.1. The number of hydrogen-bond donors (Lipinski definition) is 1. The van der Waals surface area contributed by atoms with E-state index < -0.39 is 0 Å². The number of aromatic nitrogens is 3. The fourth-order valence-electron chi connectivity index (χ4n) is 1.85. The number of aryl methyl sites for hydroxylation is 1. The van der Waals surface area contributed by atoms with Crippen LogP contribution in [0.2, 0.25) is 0 Å². The van der Waals surface area contributed by atoms with Crippen LogP contribution in [-0.2, 0) is 0 Å². The minimum Gasteiger partial charge on any atom is -0.444 e. The Morgan fingerprint density at radius 2 is 2.14 bits per heavy atom. The average molecular weight is 347 g/mol. The lowest BCUT2D eigenvalue weighted by Crippen LogP contribution is -2.11. The second kappa shape index (κ2) is 5.53. The topological polar surface area (TPSA) is 73.0 Å². The molecule has 0 aliphatic carbocycles. The lowest BCUT2D eigenvalue weighted by Gasteiger charge is -2.06. The summed E-state index contributed by atoms with van der Waals surface area (Å²) in [7, 11) is 0. The highest BCUT2D eigenvalue weighted by molar-refractivity contribution is 9.10. The van der Waals surface area contributed by atoms with Crippen LogP contribution in [0.25, 0.3) is 5.82 Å². The summed E-state index contributed by atoms with van der Waals surface area (Å²) in [6, 6.07) is 6.84. The molecular formula is C14H11BrN4O2. The number of carbonyl (C=O) groups excluding carboxylic acids is 1. The number of carbonyl (C=O) groups is 1. The van der Waals surface area contributed by atoms with Crippen LogP contribution in [0.3, 0.4) is 0 Å². The molecule has 0 saturated heterocycles. The van der Waals surface area contributed by atoms with Crippen LogP contribution in [0.15, 0.2) is 51.9 Å². The number of halogens is 1. The predicted octanol–water partition coefficient (Wildman–Crippen LogP) is 3.18. The molecule has 0 aliphatic heterocycles. The number of pyridine rings is 1. The zero-order chi connectivity index (χ0) is 14.8. The molecule has 21 heavy (non-hydrogen) atoms. The molecule has 3 rings (SSSR count). The van der Waals surface area contributed by atoms with E-state index in [1.165, 1.54) is 0 Å². The molecule has 0 aliphatic rings. The third-order valence-electron chi connectivity index (χ3n) is 2.88. The van der Waals surface area contributed by atoms with E-state index in [9.17, 15) is 4.79 Å². The molecular weight excluding hydrogens is 336 g/mol. The van der Waals surface area contributed by atoms with E-state index in [2.05, 4.69) is 31.2 Å². The van der Waals surface area contributed by atoms with E-state index in [0.717, 1.165) is 11.6 Å². The number of nitrogens with zero attached hydrogens (tertiary/aromatic N) is 3. The molecule has 0 saturated carbocycles. The molecule has 3 aromatic rings. The van der Waals surface area contributed by atoms with Gasteiger partial charge < -0.3 is 9.73 Å². The first-order valence-electron chi connectivity index (χ1n) is 6.16. The quantitative estimate of drug-likeness (QED) is 0.790. The highest BCUT2D eigenvalue weighted by Crippen LogP contribution is 2.16. The molecule has 1 N–H and O–H groups in total. The van der Waals surface area contributed by atoms with Gasteiger partial charge in [0.2, 0.25) is 0 Å². The van der Waals surface area contributed by atoms with Gasteiger partial charge in [0.15, 0.2) is 10.4 Å². The van der Waals surface area contributed by atoms with Crippen LogP contribution in [0.1, 0.15) is 16.4 Å². The summed E-state index contributed by atoms with van der Waals surface area (Å²) in [6.45, 7) is 1.89. The van der Waals surface area contributed by atoms with E-state index in [0.29, 0.717) is 10.4 Å². The Balaban J connectivity index is 1.76. The maximum atomic E-state index is 11.9. The van der Waals surface area contributed by atoms with E-state index in [1.54, 1.807) is 30.6 Å². The van der Waals surface area contributed by atoms with Gasteiger partial charge >= 0.3 is 0 Å². The monoisotopic (exact) mass is 346 g/mol. The maximum absolute atomic E-state index is 11.9. The van der Waals surface area contributed by atoms with Crippen molar-refractivity contribution in [2.24, 2.45) is 0 Å². The normalized spacial score (nSPS) is 10.6. The van der Waals surface area contributed by atoms with Crippen LogP contribution in [-0.4, -0.2) is 20.4 Å². The average Bonchev–Trinajstić information content (AvgIpc) is 3.08. The van der Waals surface area contributed by atoms with Gasteiger partial charge in [0, 0.05) is 12.4 Å². The van der Waals surface area contributed by atoms with Gasteiger partial charge in [-0.2, -0.15) is 0 Å². The number of hydrogen-bond acceptors (Lipinski definition) is 4. The summed E-state index contributed by atoms with van der Waals surface area (Å²) in [6.07, 6.45) is 5.13. The molecule has 7 heteroatoms. The molecule has 0 fully saturated rings. The molecule has 6 nitrogen and oxygen atoms in total. The van der Waals surface area contributed by atoms with Crippen molar-refractivity contribution in [3.05, 3.63) is 59.1 Å². The van der Waals surface area contributed by atoms with E-state index in [1.807, 2.05) is 23.8 Å². The van der Waals surface area contributed by atoms with Crippen LogP contribution in [0.4, 0.5) is 5.69 Å². The van der Waals surface area contributed by atoms with Crippen molar-refractivity contribution < 1.29 is 9.21 Å². The summed E-state index contributed by atoms with van der Waals surface area (Å²) in [5.74, 6) is 1.49. The first-order chi connectivity index (χ1) is 10.1. The Labute approximate surface area is 129 Å². The Hall–Kier alpha value is -2.41. The molecule has 0 spiro atoms. The predicted molar refractivity (Wildman–Crippen MR) is 80.5 cm³/mol. The minimum absolute atomic E-state index is 0.233. The summed E-state index contributed by atoms with van der Waals surface area (Å²) in [5.41, 5.74) is 0.592. The van der Waals surface area contributed by atoms with Crippen molar-refractivity contribution >= 4 is 27.5 Å². The minimum atomic E-state index is -0.325. The van der Waals surface area contributed by atoms with Gasteiger partial charge in [-0.25, -0.2) is 9.97 Å². The molecule has 0 aromatic carbocycles. The molecule has 0 bridgehead atoms. The van der Waals surface area contributed by atoms with Crippen molar-refractivity contribution in [2.45, 2.75) is 6.92 Å². The van der Waals surface area contributed by atoms with E-state index in [-0.39, 0.29) is 11.7 Å². The number of furan rings is 1. The molecule has 106 valence electrons. The van der Waals surface area contributed by atoms with Crippen LogP contribution in [0.5, 0.6) is 0 Å². The van der Waals surface area contributed by atoms with Crippen molar-refractivity contribution in [3.8, 4) is 5.82 Å². The van der Waals surface area contributed by atoms with Gasteiger partial charge in [-0.1, -0.05) is 0 Å². The van der Waals surface area contributed by atoms with Crippen LogP contribution < -0.4 is 5.32 Å². The number of nitrogens with one attached hydrogen (secondary N) is 1. The van der Waals surface area contributed by atoms with Crippen molar-refractivity contribution in [1.82, 2.24) is 14.5 Å². The zero-order valence-corrected chi connectivity index (χ0v) is 12.7. The van der Waals surface area contributed by atoms with E-state index >= 15 is 0 Å². The Morgan fingerprint density at radius 3 is 2.71 bits per heavy atom. The fraction of sp³-hybridized carbons (Fsp3) is 0.0714. The van der Waals surface area contributed by atoms with Gasteiger partial charge in [-0.05, 0) is 47.1 Å². The molecule has 3 heterocycles. The number of amides is 1. The van der Waals surface area contributed by atoms with Gasteiger partial charge in [0.1, 0.15) is 11.6 Å². The third-order valence-corrected chi connectivity index (χ3v) is 3.30. The maximum Gasteiger partial charge on any atom is 0.291 e. The summed E-state index contributed by atoms with van der Waals surface area (Å²) in [4.78, 5) is 20.4. The Bertz CT molecular complexity index is 776. The summed E-state index contributed by atoms with van der Waals surface area (Å²) < 4.78 is 7.55. The SMILES string of the molecule is Cc1nccn1-c1ccc(NC(=O)c2ccc(Br)o2)cn1. The largest absolute Gasteiger partial charge is 0.444 e. The highest BCUT2D eigenvalue weighted by atomic mass is 79.9. The Kier molecular flexibility index (Phi) is 3.57. The Morgan fingerprint density at radius 1 is 1.29 bits per heavy atom. The summed E-state index contributed by atoms with van der Waals surface area (Å²) >= 11 is 3.16. The first kappa shape index (κ1) is 13.6. The van der Waals surface area contributed by atoms with Crippen molar-refractivity contribution in [3.63, 3.8) is 0 Å². The fourth-order valence-corrected chi connectivity index (χ4v) is 2.16. The van der Waals surface area contributed by atoms with Gasteiger partial charge in [-0.3, -0.25) is 9.36 Å². The lowest BCUT2D eigenvalue weighted by atomic mass is 10.3. The number of imidazole rings is 1. The second-order valence-electron chi connectivity index (χ2n) is 4.31. The molecule has 3 aromatic heterocycles. The van der Waals surface area contributed by atoms with Gasteiger partial charge in [-0.15, -0.1) is 0 Å². The molecule has 0 atom stereocenters. The number of anilines is 1.